The highest BCUT2D eigenvalue weighted by Crippen LogP contribution is 2.23. The van der Waals surface area contributed by atoms with E-state index in [4.69, 9.17) is 5.26 Å². The van der Waals surface area contributed by atoms with E-state index in [0.717, 1.165) is 11.6 Å². The van der Waals surface area contributed by atoms with E-state index in [0.29, 0.717) is 23.6 Å². The van der Waals surface area contributed by atoms with Crippen LogP contribution < -0.4 is 10.0 Å². The third-order valence-corrected chi connectivity index (χ3v) is 7.05. The zero-order chi connectivity index (χ0) is 24.6. The van der Waals surface area contributed by atoms with Gasteiger partial charge in [0.05, 0.1) is 32.7 Å². The first-order valence-electron chi connectivity index (χ1n) is 10.0. The molecular weight excluding hydrogens is 476 g/mol. The molecule has 0 saturated carbocycles. The fourth-order valence-corrected chi connectivity index (χ4v) is 4.99. The number of rotatable bonds is 10. The summed E-state index contributed by atoms with van der Waals surface area (Å²) in [7, 11) is -4.16. The van der Waals surface area contributed by atoms with Crippen molar-refractivity contribution in [2.24, 2.45) is 0 Å². The lowest BCUT2D eigenvalue weighted by atomic mass is 10.1. The van der Waals surface area contributed by atoms with Gasteiger partial charge >= 0.3 is 0 Å². The summed E-state index contributed by atoms with van der Waals surface area (Å²) in [4.78, 5) is 22.7. The maximum absolute atomic E-state index is 12.7. The maximum atomic E-state index is 12.7. The summed E-state index contributed by atoms with van der Waals surface area (Å²) in [5.74, 6) is 0.752. The van der Waals surface area contributed by atoms with Crippen molar-refractivity contribution >= 4 is 39.1 Å². The lowest BCUT2D eigenvalue weighted by molar-refractivity contribution is -0.385. The van der Waals surface area contributed by atoms with Crippen molar-refractivity contribution in [3.8, 4) is 6.07 Å². The molecule has 0 aliphatic carbocycles. The van der Waals surface area contributed by atoms with Gasteiger partial charge < -0.3 is 5.32 Å². The van der Waals surface area contributed by atoms with Gasteiger partial charge in [0.15, 0.2) is 0 Å². The standard InChI is InChI=1S/C23H20N4O5S2/c24-15-17-6-1-2-7-18(17)16-33-13-12-25-23(28)21-10-3-4-11-22(21)26-34(31,32)20-9-5-8-19(14-20)27(29)30/h1-11,14,26H,12-13,16H2,(H,25,28). The molecule has 3 rings (SSSR count). The molecule has 34 heavy (non-hydrogen) atoms. The molecule has 1 amide bonds. The number of hydrogen-bond donors (Lipinski definition) is 2. The minimum atomic E-state index is -4.16. The van der Waals surface area contributed by atoms with Crippen molar-refractivity contribution in [3.63, 3.8) is 0 Å². The Labute approximate surface area is 201 Å². The van der Waals surface area contributed by atoms with E-state index >= 15 is 0 Å². The molecule has 3 aromatic rings. The smallest absolute Gasteiger partial charge is 0.270 e. The molecule has 0 radical (unpaired) electrons. The van der Waals surface area contributed by atoms with Crippen molar-refractivity contribution in [1.82, 2.24) is 5.32 Å². The highest BCUT2D eigenvalue weighted by Gasteiger charge is 2.20. The average Bonchev–Trinajstić information content (AvgIpc) is 2.84. The number of sulfonamides is 1. The number of para-hydroxylation sites is 1. The van der Waals surface area contributed by atoms with Crippen molar-refractivity contribution in [2.75, 3.05) is 17.0 Å². The Kier molecular flexibility index (Phi) is 8.24. The van der Waals surface area contributed by atoms with Crippen LogP contribution in [0.5, 0.6) is 0 Å². The number of thioether (sulfide) groups is 1. The summed E-state index contributed by atoms with van der Waals surface area (Å²) in [6.07, 6.45) is 0. The normalized spacial score (nSPS) is 10.8. The minimum absolute atomic E-state index is 0.0575. The third kappa shape index (κ3) is 6.34. The molecule has 0 saturated heterocycles. The Balaban J connectivity index is 1.62. The van der Waals surface area contributed by atoms with Crippen LogP contribution in [0.15, 0.2) is 77.7 Å². The Morgan fingerprint density at radius 1 is 1.06 bits per heavy atom. The molecule has 0 spiro atoms. The van der Waals surface area contributed by atoms with Gasteiger partial charge in [-0.15, -0.1) is 0 Å². The maximum Gasteiger partial charge on any atom is 0.270 e. The molecule has 9 nitrogen and oxygen atoms in total. The predicted molar refractivity (Wildman–Crippen MR) is 130 cm³/mol. The fourth-order valence-electron chi connectivity index (χ4n) is 3.01. The number of nitro groups is 1. The van der Waals surface area contributed by atoms with Crippen LogP contribution in [-0.2, 0) is 15.8 Å². The fraction of sp³-hybridized carbons (Fsp3) is 0.130. The van der Waals surface area contributed by atoms with Gasteiger partial charge in [-0.3, -0.25) is 19.6 Å². The van der Waals surface area contributed by atoms with Crippen LogP contribution in [0.3, 0.4) is 0 Å². The Morgan fingerprint density at radius 2 is 1.79 bits per heavy atom. The molecule has 0 heterocycles. The van der Waals surface area contributed by atoms with E-state index < -0.39 is 20.9 Å². The Hall–Kier alpha value is -3.88. The van der Waals surface area contributed by atoms with E-state index in [1.165, 1.54) is 30.3 Å². The number of anilines is 1. The number of carbonyl (C=O) groups excluding carboxylic acids is 1. The first-order chi connectivity index (χ1) is 16.3. The van der Waals surface area contributed by atoms with E-state index in [1.54, 1.807) is 36.0 Å². The highest BCUT2D eigenvalue weighted by atomic mass is 32.2. The quantitative estimate of drug-likeness (QED) is 0.246. The molecular formula is C23H20N4O5S2. The molecule has 0 atom stereocenters. The van der Waals surface area contributed by atoms with E-state index in [-0.39, 0.29) is 21.8 Å². The van der Waals surface area contributed by atoms with Crippen LogP contribution in [0.1, 0.15) is 21.5 Å². The lowest BCUT2D eigenvalue weighted by Gasteiger charge is -2.13. The summed E-state index contributed by atoms with van der Waals surface area (Å²) in [5.41, 5.74) is 1.36. The minimum Gasteiger partial charge on any atom is -0.351 e. The predicted octanol–water partition coefficient (Wildman–Crippen LogP) is 3.93. The molecule has 0 aliphatic heterocycles. The van der Waals surface area contributed by atoms with Gasteiger partial charge in [-0.25, -0.2) is 8.42 Å². The van der Waals surface area contributed by atoms with Gasteiger partial charge in [0, 0.05) is 30.2 Å². The van der Waals surface area contributed by atoms with Crippen LogP contribution in [0.4, 0.5) is 11.4 Å². The van der Waals surface area contributed by atoms with E-state index in [2.05, 4.69) is 16.1 Å². The SMILES string of the molecule is N#Cc1ccccc1CSCCNC(=O)c1ccccc1NS(=O)(=O)c1cccc([N+](=O)[O-])c1. The van der Waals surface area contributed by atoms with E-state index in [9.17, 15) is 23.3 Å². The van der Waals surface area contributed by atoms with Crippen molar-refractivity contribution < 1.29 is 18.1 Å². The second-order valence-electron chi connectivity index (χ2n) is 6.98. The summed E-state index contributed by atoms with van der Waals surface area (Å²) in [6.45, 7) is 0.337. The first kappa shape index (κ1) is 24.8. The van der Waals surface area contributed by atoms with Gasteiger partial charge in [-0.2, -0.15) is 17.0 Å². The monoisotopic (exact) mass is 496 g/mol. The van der Waals surface area contributed by atoms with Gasteiger partial charge in [-0.1, -0.05) is 36.4 Å². The molecule has 0 bridgehead atoms. The number of hydrogen-bond acceptors (Lipinski definition) is 7. The summed E-state index contributed by atoms with van der Waals surface area (Å²) in [6, 6.07) is 20.2. The number of benzene rings is 3. The zero-order valence-corrected chi connectivity index (χ0v) is 19.4. The van der Waals surface area contributed by atoms with Gasteiger partial charge in [0.1, 0.15) is 0 Å². The summed E-state index contributed by atoms with van der Waals surface area (Å²) < 4.78 is 27.8. The Morgan fingerprint density at radius 3 is 2.56 bits per heavy atom. The van der Waals surface area contributed by atoms with E-state index in [1.807, 2.05) is 12.1 Å². The average molecular weight is 497 g/mol. The number of nitrogens with one attached hydrogen (secondary N) is 2. The topological polar surface area (TPSA) is 142 Å². The number of carbonyl (C=O) groups is 1. The number of amides is 1. The molecule has 3 aromatic carbocycles. The van der Waals surface area contributed by atoms with Gasteiger partial charge in [0.25, 0.3) is 21.6 Å². The second-order valence-corrected chi connectivity index (χ2v) is 9.77. The molecule has 2 N–H and O–H groups in total. The molecule has 174 valence electrons. The molecule has 0 fully saturated rings. The second kappa shape index (κ2) is 11.3. The lowest BCUT2D eigenvalue weighted by Crippen LogP contribution is -2.27. The summed E-state index contributed by atoms with van der Waals surface area (Å²) >= 11 is 1.56. The van der Waals surface area contributed by atoms with Crippen LogP contribution >= 0.6 is 11.8 Å². The molecule has 0 aromatic heterocycles. The number of nitrogens with zero attached hydrogens (tertiary/aromatic N) is 2. The van der Waals surface area contributed by atoms with Crippen LogP contribution in [0, 0.1) is 21.4 Å². The van der Waals surface area contributed by atoms with Crippen molar-refractivity contribution in [1.29, 1.82) is 5.26 Å². The van der Waals surface area contributed by atoms with Crippen LogP contribution in [0.2, 0.25) is 0 Å². The van der Waals surface area contributed by atoms with Crippen molar-refractivity contribution in [2.45, 2.75) is 10.6 Å². The van der Waals surface area contributed by atoms with Gasteiger partial charge in [0.2, 0.25) is 0 Å². The third-order valence-electron chi connectivity index (χ3n) is 4.68. The number of non-ortho nitro benzene ring substituents is 1. The van der Waals surface area contributed by atoms with Crippen LogP contribution in [-0.4, -0.2) is 31.5 Å². The molecule has 0 aliphatic rings. The number of nitro benzene ring substituents is 1. The summed E-state index contributed by atoms with van der Waals surface area (Å²) in [5, 5.41) is 22.9. The first-order valence-corrected chi connectivity index (χ1v) is 12.7. The van der Waals surface area contributed by atoms with Gasteiger partial charge in [-0.05, 0) is 29.8 Å². The zero-order valence-electron chi connectivity index (χ0n) is 17.8. The molecule has 0 unspecified atom stereocenters. The largest absolute Gasteiger partial charge is 0.351 e. The number of nitriles is 1. The van der Waals surface area contributed by atoms with Crippen molar-refractivity contribution in [3.05, 3.63) is 99.6 Å². The highest BCUT2D eigenvalue weighted by molar-refractivity contribution is 7.98. The Bertz CT molecular complexity index is 1350. The molecule has 11 heteroatoms. The van der Waals surface area contributed by atoms with Crippen LogP contribution in [0.25, 0.3) is 0 Å².